The van der Waals surface area contributed by atoms with E-state index in [1.165, 1.54) is 10.4 Å². The predicted molar refractivity (Wildman–Crippen MR) is 63.9 cm³/mol. The minimum atomic E-state index is 0.613. The van der Waals surface area contributed by atoms with E-state index in [4.69, 9.17) is 17.3 Å². The summed E-state index contributed by atoms with van der Waals surface area (Å²) in [4.78, 5) is 1.30. The van der Waals surface area contributed by atoms with Gasteiger partial charge >= 0.3 is 0 Å². The van der Waals surface area contributed by atoms with Crippen LogP contribution < -0.4 is 5.73 Å². The summed E-state index contributed by atoms with van der Waals surface area (Å²) in [7, 11) is 0. The molecule has 1 heterocycles. The molecular formula is C11H10ClNS. The minimum absolute atomic E-state index is 0.613. The molecule has 72 valence electrons. The van der Waals surface area contributed by atoms with Gasteiger partial charge in [-0.25, -0.2) is 0 Å². The summed E-state index contributed by atoms with van der Waals surface area (Å²) in [6, 6.07) is 7.84. The Morgan fingerprint density at radius 3 is 2.64 bits per heavy atom. The van der Waals surface area contributed by atoms with Crippen LogP contribution in [-0.2, 0) is 0 Å². The van der Waals surface area contributed by atoms with Crippen LogP contribution in [0.1, 0.15) is 4.88 Å². The third-order valence-electron chi connectivity index (χ3n) is 2.17. The van der Waals surface area contributed by atoms with Crippen LogP contribution >= 0.6 is 22.9 Å². The normalized spacial score (nSPS) is 10.4. The molecule has 2 N–H and O–H groups in total. The molecule has 1 aromatic carbocycles. The van der Waals surface area contributed by atoms with Crippen molar-refractivity contribution in [3.05, 3.63) is 39.5 Å². The van der Waals surface area contributed by atoms with Crippen molar-refractivity contribution in [1.29, 1.82) is 0 Å². The van der Waals surface area contributed by atoms with E-state index >= 15 is 0 Å². The fourth-order valence-corrected chi connectivity index (χ4v) is 2.23. The van der Waals surface area contributed by atoms with E-state index in [1.54, 1.807) is 11.3 Å². The fraction of sp³-hybridized carbons (Fsp3) is 0.0909. The second kappa shape index (κ2) is 3.64. The van der Waals surface area contributed by atoms with Crippen molar-refractivity contribution in [3.8, 4) is 11.1 Å². The molecule has 0 bridgehead atoms. The van der Waals surface area contributed by atoms with Crippen LogP contribution in [0.15, 0.2) is 29.6 Å². The second-order valence-corrected chi connectivity index (χ2v) is 4.65. The fourth-order valence-electron chi connectivity index (χ4n) is 1.40. The molecule has 3 heteroatoms. The summed E-state index contributed by atoms with van der Waals surface area (Å²) < 4.78 is 0. The molecule has 0 saturated heterocycles. The number of thiophene rings is 1. The van der Waals surface area contributed by atoms with Crippen LogP contribution in [-0.4, -0.2) is 0 Å². The lowest BCUT2D eigenvalue weighted by Crippen LogP contribution is -1.87. The number of aryl methyl sites for hydroxylation is 1. The maximum atomic E-state index is 5.86. The quantitative estimate of drug-likeness (QED) is 0.728. The van der Waals surface area contributed by atoms with Gasteiger partial charge in [-0.3, -0.25) is 0 Å². The predicted octanol–water partition coefficient (Wildman–Crippen LogP) is 3.96. The lowest BCUT2D eigenvalue weighted by atomic mass is 10.1. The van der Waals surface area contributed by atoms with Crippen molar-refractivity contribution in [2.75, 3.05) is 5.73 Å². The van der Waals surface area contributed by atoms with Crippen molar-refractivity contribution in [2.24, 2.45) is 0 Å². The highest BCUT2D eigenvalue weighted by molar-refractivity contribution is 7.10. The van der Waals surface area contributed by atoms with E-state index < -0.39 is 0 Å². The monoisotopic (exact) mass is 223 g/mol. The first-order chi connectivity index (χ1) is 6.68. The van der Waals surface area contributed by atoms with E-state index in [-0.39, 0.29) is 0 Å². The Labute approximate surface area is 92.1 Å². The number of rotatable bonds is 1. The number of nitrogen functional groups attached to an aromatic ring is 1. The Bertz CT molecular complexity index is 462. The van der Waals surface area contributed by atoms with E-state index in [0.717, 1.165) is 5.56 Å². The van der Waals surface area contributed by atoms with Gasteiger partial charge in [-0.05, 0) is 41.6 Å². The molecule has 0 amide bonds. The van der Waals surface area contributed by atoms with Gasteiger partial charge in [0.05, 0.1) is 10.7 Å². The molecule has 0 saturated carbocycles. The molecule has 0 aliphatic rings. The smallest absolute Gasteiger partial charge is 0.0635 e. The first kappa shape index (κ1) is 9.56. The Kier molecular flexibility index (Phi) is 2.48. The topological polar surface area (TPSA) is 26.0 Å². The summed E-state index contributed by atoms with van der Waals surface area (Å²) >= 11 is 7.59. The van der Waals surface area contributed by atoms with E-state index in [1.807, 2.05) is 18.2 Å². The number of hydrogen-bond acceptors (Lipinski definition) is 2. The third-order valence-corrected chi connectivity index (χ3v) is 3.36. The largest absolute Gasteiger partial charge is 0.398 e. The van der Waals surface area contributed by atoms with Crippen molar-refractivity contribution in [1.82, 2.24) is 0 Å². The Morgan fingerprint density at radius 2 is 2.07 bits per heavy atom. The molecule has 0 aliphatic heterocycles. The molecule has 1 nitrogen and oxygen atoms in total. The van der Waals surface area contributed by atoms with Crippen LogP contribution in [0.4, 0.5) is 5.69 Å². The number of nitrogens with two attached hydrogens (primary N) is 1. The zero-order valence-corrected chi connectivity index (χ0v) is 9.32. The Balaban J connectivity index is 2.53. The van der Waals surface area contributed by atoms with E-state index in [9.17, 15) is 0 Å². The zero-order chi connectivity index (χ0) is 10.1. The van der Waals surface area contributed by atoms with Gasteiger partial charge < -0.3 is 5.73 Å². The molecule has 1 aromatic heterocycles. The summed E-state index contributed by atoms with van der Waals surface area (Å²) in [5.41, 5.74) is 8.75. The minimum Gasteiger partial charge on any atom is -0.398 e. The molecule has 0 aliphatic carbocycles. The van der Waals surface area contributed by atoms with Gasteiger partial charge in [0.15, 0.2) is 0 Å². The summed E-state index contributed by atoms with van der Waals surface area (Å²) in [5, 5.41) is 2.69. The molecule has 2 rings (SSSR count). The van der Waals surface area contributed by atoms with Crippen LogP contribution in [0.3, 0.4) is 0 Å². The van der Waals surface area contributed by atoms with Gasteiger partial charge in [0.1, 0.15) is 0 Å². The number of benzene rings is 1. The standard InChI is InChI=1S/C11H10ClNS/c1-7-9(4-5-14-7)8-2-3-10(12)11(13)6-8/h2-6H,13H2,1H3. The molecular weight excluding hydrogens is 214 g/mol. The molecule has 0 unspecified atom stereocenters. The first-order valence-corrected chi connectivity index (χ1v) is 5.54. The van der Waals surface area contributed by atoms with Crippen molar-refractivity contribution in [2.45, 2.75) is 6.92 Å². The SMILES string of the molecule is Cc1sccc1-c1ccc(Cl)c(N)c1. The van der Waals surface area contributed by atoms with Gasteiger partial charge in [0, 0.05) is 4.88 Å². The maximum absolute atomic E-state index is 5.86. The summed E-state index contributed by atoms with van der Waals surface area (Å²) in [5.74, 6) is 0. The van der Waals surface area contributed by atoms with Gasteiger partial charge in [-0.15, -0.1) is 11.3 Å². The van der Waals surface area contributed by atoms with Gasteiger partial charge in [0.2, 0.25) is 0 Å². The average molecular weight is 224 g/mol. The lowest BCUT2D eigenvalue weighted by molar-refractivity contribution is 1.58. The Hall–Kier alpha value is -0.990. The molecule has 0 fully saturated rings. The van der Waals surface area contributed by atoms with Crippen LogP contribution in [0, 0.1) is 6.92 Å². The highest BCUT2D eigenvalue weighted by Gasteiger charge is 2.04. The highest BCUT2D eigenvalue weighted by atomic mass is 35.5. The Morgan fingerprint density at radius 1 is 1.29 bits per heavy atom. The maximum Gasteiger partial charge on any atom is 0.0635 e. The van der Waals surface area contributed by atoms with E-state index in [2.05, 4.69) is 18.4 Å². The van der Waals surface area contributed by atoms with E-state index in [0.29, 0.717) is 10.7 Å². The number of halogens is 1. The van der Waals surface area contributed by atoms with Gasteiger partial charge in [0.25, 0.3) is 0 Å². The first-order valence-electron chi connectivity index (χ1n) is 4.28. The summed E-state index contributed by atoms with van der Waals surface area (Å²) in [6.45, 7) is 2.10. The lowest BCUT2D eigenvalue weighted by Gasteiger charge is -2.03. The zero-order valence-electron chi connectivity index (χ0n) is 7.75. The number of hydrogen-bond donors (Lipinski definition) is 1. The van der Waals surface area contributed by atoms with Gasteiger partial charge in [-0.2, -0.15) is 0 Å². The highest BCUT2D eigenvalue weighted by Crippen LogP contribution is 2.31. The second-order valence-electron chi connectivity index (χ2n) is 3.13. The third kappa shape index (κ3) is 1.63. The molecule has 0 radical (unpaired) electrons. The van der Waals surface area contributed by atoms with Crippen molar-refractivity contribution in [3.63, 3.8) is 0 Å². The molecule has 0 atom stereocenters. The van der Waals surface area contributed by atoms with Gasteiger partial charge in [-0.1, -0.05) is 17.7 Å². The molecule has 2 aromatic rings. The van der Waals surface area contributed by atoms with Crippen molar-refractivity contribution < 1.29 is 0 Å². The van der Waals surface area contributed by atoms with Crippen LogP contribution in [0.5, 0.6) is 0 Å². The molecule has 0 spiro atoms. The van der Waals surface area contributed by atoms with Crippen LogP contribution in [0.25, 0.3) is 11.1 Å². The summed E-state index contributed by atoms with van der Waals surface area (Å²) in [6.07, 6.45) is 0. The molecule has 14 heavy (non-hydrogen) atoms. The van der Waals surface area contributed by atoms with Crippen LogP contribution in [0.2, 0.25) is 5.02 Å². The average Bonchev–Trinajstić information content (AvgIpc) is 2.57. The van der Waals surface area contributed by atoms with Crippen molar-refractivity contribution >= 4 is 28.6 Å². The number of anilines is 1.